The molecule has 1 N–H and O–H groups in total. The van der Waals surface area contributed by atoms with Crippen molar-refractivity contribution < 1.29 is 19.0 Å². The molecule has 2 atom stereocenters. The molecule has 1 aromatic heterocycles. The van der Waals surface area contributed by atoms with E-state index in [-0.39, 0.29) is 6.10 Å². The summed E-state index contributed by atoms with van der Waals surface area (Å²) in [5, 5.41) is 11.3. The molecular formula is C19H20O5. The summed E-state index contributed by atoms with van der Waals surface area (Å²) in [7, 11) is 0. The van der Waals surface area contributed by atoms with Crippen LogP contribution < -0.4 is 15.1 Å². The maximum atomic E-state index is 11.9. The second-order valence-corrected chi connectivity index (χ2v) is 7.16. The van der Waals surface area contributed by atoms with Gasteiger partial charge in [-0.05, 0) is 45.4 Å². The Hall–Kier alpha value is -2.27. The van der Waals surface area contributed by atoms with Crippen molar-refractivity contribution in [3.63, 3.8) is 0 Å². The molecule has 0 saturated carbocycles. The standard InChI is InChI=1S/C19H20O5/c1-9-7-13(21)23-18-14(9)17-11(5-6-19(3,4)24-17)16-15(18)12(20)8-10(2)22-16/h5-7,10,12,20H,8H2,1-4H3/t10-,12+/m0/s1. The lowest BCUT2D eigenvalue weighted by atomic mass is 9.90. The number of fused-ring (bicyclic) bond motifs is 6. The van der Waals surface area contributed by atoms with Gasteiger partial charge in [0.25, 0.3) is 0 Å². The minimum atomic E-state index is -0.746. The fourth-order valence-electron chi connectivity index (χ4n) is 3.52. The Kier molecular flexibility index (Phi) is 3.09. The first kappa shape index (κ1) is 15.3. The van der Waals surface area contributed by atoms with E-state index < -0.39 is 17.3 Å². The Bertz CT molecular complexity index is 935. The average Bonchev–Trinajstić information content (AvgIpc) is 2.44. The van der Waals surface area contributed by atoms with Crippen LogP contribution >= 0.6 is 0 Å². The lowest BCUT2D eigenvalue weighted by Crippen LogP contribution is -2.30. The molecule has 4 rings (SSSR count). The normalized spacial score (nSPS) is 24.0. The zero-order valence-electron chi connectivity index (χ0n) is 14.2. The monoisotopic (exact) mass is 328 g/mol. The molecule has 0 aliphatic carbocycles. The Morgan fingerprint density at radius 1 is 1.29 bits per heavy atom. The van der Waals surface area contributed by atoms with E-state index in [4.69, 9.17) is 13.9 Å². The molecule has 2 aliphatic heterocycles. The highest BCUT2D eigenvalue weighted by atomic mass is 16.5. The van der Waals surface area contributed by atoms with Crippen LogP contribution in [-0.4, -0.2) is 16.8 Å². The lowest BCUT2D eigenvalue weighted by Gasteiger charge is -2.34. The van der Waals surface area contributed by atoms with Gasteiger partial charge in [0.15, 0.2) is 5.58 Å². The summed E-state index contributed by atoms with van der Waals surface area (Å²) in [6.07, 6.45) is 3.50. The first-order chi connectivity index (χ1) is 11.3. The number of ether oxygens (including phenoxy) is 2. The molecule has 0 unspecified atom stereocenters. The number of hydrogen-bond donors (Lipinski definition) is 1. The van der Waals surface area contributed by atoms with Gasteiger partial charge < -0.3 is 19.0 Å². The van der Waals surface area contributed by atoms with E-state index in [1.54, 1.807) is 0 Å². The highest BCUT2D eigenvalue weighted by Gasteiger charge is 2.36. The van der Waals surface area contributed by atoms with Crippen LogP contribution in [0.4, 0.5) is 0 Å². The van der Waals surface area contributed by atoms with Gasteiger partial charge in [0.05, 0.1) is 28.7 Å². The topological polar surface area (TPSA) is 68.9 Å². The zero-order chi connectivity index (χ0) is 17.2. The molecule has 1 aromatic carbocycles. The average molecular weight is 328 g/mol. The summed E-state index contributed by atoms with van der Waals surface area (Å²) >= 11 is 0. The first-order valence-corrected chi connectivity index (χ1v) is 8.14. The molecule has 2 aliphatic rings. The van der Waals surface area contributed by atoms with Crippen LogP contribution in [0, 0.1) is 6.92 Å². The smallest absolute Gasteiger partial charge is 0.336 e. The first-order valence-electron chi connectivity index (χ1n) is 8.14. The molecule has 3 heterocycles. The number of aryl methyl sites for hydroxylation is 1. The molecule has 0 radical (unpaired) electrons. The van der Waals surface area contributed by atoms with Crippen LogP contribution in [0.3, 0.4) is 0 Å². The van der Waals surface area contributed by atoms with Crippen molar-refractivity contribution in [3.05, 3.63) is 39.3 Å². The van der Waals surface area contributed by atoms with Crippen molar-refractivity contribution >= 4 is 17.0 Å². The SMILES string of the molecule is Cc1cc(=O)oc2c3c(c4c(c12)OC(C)(C)C=C4)O[C@@H](C)C[C@H]3O. The molecule has 0 spiro atoms. The predicted octanol–water partition coefficient (Wildman–Crippen LogP) is 3.49. The minimum absolute atomic E-state index is 0.131. The third kappa shape index (κ3) is 2.15. The molecule has 0 saturated heterocycles. The maximum absolute atomic E-state index is 11.9. The van der Waals surface area contributed by atoms with Crippen LogP contribution in [0.25, 0.3) is 17.0 Å². The van der Waals surface area contributed by atoms with Gasteiger partial charge in [0.1, 0.15) is 17.1 Å². The van der Waals surface area contributed by atoms with Gasteiger partial charge in [-0.2, -0.15) is 0 Å². The van der Waals surface area contributed by atoms with Crippen LogP contribution in [0.1, 0.15) is 50.0 Å². The summed E-state index contributed by atoms with van der Waals surface area (Å²) in [5.74, 6) is 1.18. The summed E-state index contributed by atoms with van der Waals surface area (Å²) < 4.78 is 17.7. The Balaban J connectivity index is 2.18. The highest BCUT2D eigenvalue weighted by Crippen LogP contribution is 2.50. The molecular weight excluding hydrogens is 308 g/mol. The molecule has 2 aromatic rings. The van der Waals surface area contributed by atoms with Crippen LogP contribution in [-0.2, 0) is 0 Å². The zero-order valence-corrected chi connectivity index (χ0v) is 14.2. The minimum Gasteiger partial charge on any atom is -0.489 e. The number of benzene rings is 1. The highest BCUT2D eigenvalue weighted by molar-refractivity contribution is 5.96. The second-order valence-electron chi connectivity index (χ2n) is 7.16. The molecule has 0 amide bonds. The fourth-order valence-corrected chi connectivity index (χ4v) is 3.52. The van der Waals surface area contributed by atoms with Crippen LogP contribution in [0.2, 0.25) is 0 Å². The van der Waals surface area contributed by atoms with E-state index in [1.165, 1.54) is 6.07 Å². The van der Waals surface area contributed by atoms with Gasteiger partial charge in [0.2, 0.25) is 0 Å². The van der Waals surface area contributed by atoms with E-state index in [2.05, 4.69) is 0 Å². The van der Waals surface area contributed by atoms with Crippen molar-refractivity contribution in [2.24, 2.45) is 0 Å². The van der Waals surface area contributed by atoms with E-state index in [0.29, 0.717) is 29.1 Å². The van der Waals surface area contributed by atoms with Crippen molar-refractivity contribution in [1.82, 2.24) is 0 Å². The van der Waals surface area contributed by atoms with E-state index >= 15 is 0 Å². The molecule has 24 heavy (non-hydrogen) atoms. The summed E-state index contributed by atoms with van der Waals surface area (Å²) in [6.45, 7) is 7.68. The fraction of sp³-hybridized carbons (Fsp3) is 0.421. The van der Waals surface area contributed by atoms with Crippen LogP contribution in [0.15, 0.2) is 21.4 Å². The molecule has 0 fully saturated rings. The van der Waals surface area contributed by atoms with Gasteiger partial charge in [-0.25, -0.2) is 4.79 Å². The largest absolute Gasteiger partial charge is 0.489 e. The molecule has 5 nitrogen and oxygen atoms in total. The molecule has 126 valence electrons. The van der Waals surface area contributed by atoms with E-state index in [0.717, 1.165) is 16.5 Å². The Morgan fingerprint density at radius 2 is 2.04 bits per heavy atom. The van der Waals surface area contributed by atoms with Gasteiger partial charge in [0, 0.05) is 12.5 Å². The third-order valence-electron chi connectivity index (χ3n) is 4.59. The van der Waals surface area contributed by atoms with E-state index in [1.807, 2.05) is 39.8 Å². The molecule has 5 heteroatoms. The summed E-state index contributed by atoms with van der Waals surface area (Å²) in [6, 6.07) is 1.45. The van der Waals surface area contributed by atoms with Gasteiger partial charge in [-0.3, -0.25) is 0 Å². The number of hydrogen-bond acceptors (Lipinski definition) is 5. The second kappa shape index (κ2) is 4.86. The summed E-state index contributed by atoms with van der Waals surface area (Å²) in [5.41, 5.74) is 1.53. The van der Waals surface area contributed by atoms with Crippen molar-refractivity contribution in [1.29, 1.82) is 0 Å². The summed E-state index contributed by atoms with van der Waals surface area (Å²) in [4.78, 5) is 11.9. The predicted molar refractivity (Wildman–Crippen MR) is 90.6 cm³/mol. The third-order valence-corrected chi connectivity index (χ3v) is 4.59. The molecule has 0 bridgehead atoms. The van der Waals surface area contributed by atoms with Gasteiger partial charge in [-0.15, -0.1) is 0 Å². The Morgan fingerprint density at radius 3 is 2.79 bits per heavy atom. The maximum Gasteiger partial charge on any atom is 0.336 e. The van der Waals surface area contributed by atoms with Crippen molar-refractivity contribution in [3.8, 4) is 11.5 Å². The van der Waals surface area contributed by atoms with Crippen LogP contribution in [0.5, 0.6) is 11.5 Å². The van der Waals surface area contributed by atoms with Gasteiger partial charge >= 0.3 is 5.63 Å². The lowest BCUT2D eigenvalue weighted by molar-refractivity contribution is 0.0741. The van der Waals surface area contributed by atoms with Crippen molar-refractivity contribution in [2.75, 3.05) is 0 Å². The number of rotatable bonds is 0. The van der Waals surface area contributed by atoms with Crippen molar-refractivity contribution in [2.45, 2.75) is 51.9 Å². The quantitative estimate of drug-likeness (QED) is 0.750. The number of aliphatic hydroxyl groups is 1. The van der Waals surface area contributed by atoms with Gasteiger partial charge in [-0.1, -0.05) is 0 Å². The van der Waals surface area contributed by atoms with E-state index in [9.17, 15) is 9.90 Å². The Labute approximate surface area is 139 Å². The number of aliphatic hydroxyl groups excluding tert-OH is 1.